The Bertz CT molecular complexity index is 578. The predicted octanol–water partition coefficient (Wildman–Crippen LogP) is 3.96. The molecule has 101 valence electrons. The van der Waals surface area contributed by atoms with Gasteiger partial charge in [0, 0.05) is 0 Å². The zero-order chi connectivity index (χ0) is 14.4. The Hall–Kier alpha value is -1.20. The molecule has 0 fully saturated rings. The fraction of sp³-hybridized carbons (Fsp3) is 0.158. The Kier molecular flexibility index (Phi) is 5.74. The number of aryl methyl sites for hydroxylation is 2. The number of rotatable bonds is 4. The first kappa shape index (κ1) is 15.2. The van der Waals surface area contributed by atoms with Crippen LogP contribution in [0.25, 0.3) is 0 Å². The van der Waals surface area contributed by atoms with Crippen LogP contribution in [0.1, 0.15) is 18.1 Å². The van der Waals surface area contributed by atoms with Crippen molar-refractivity contribution in [2.45, 2.75) is 20.8 Å². The van der Waals surface area contributed by atoms with Gasteiger partial charge in [0.15, 0.2) is 0 Å². The second kappa shape index (κ2) is 7.55. The molecule has 2 rings (SSSR count). The third-order valence-electron chi connectivity index (χ3n) is 3.22. The van der Waals surface area contributed by atoms with Gasteiger partial charge in [0.25, 0.3) is 0 Å². The molecule has 0 spiro atoms. The van der Waals surface area contributed by atoms with E-state index < -0.39 is 21.8 Å². The minimum absolute atomic E-state index is 1.35. The monoisotopic (exact) mass is 339 g/mol. The van der Waals surface area contributed by atoms with E-state index in [4.69, 9.17) is 0 Å². The summed E-state index contributed by atoms with van der Waals surface area (Å²) in [5.41, 5.74) is 2.71. The molecule has 2 aromatic carbocycles. The standard InChI is InChI=1S/2C7H7.C5H7.Zr/c2*1-7-5-3-2-4-6-7;1-3-5-4-2;/h2*2-3,5-6H,1H3;1,3-5H,2H3;/b;;3-1?,5-4+;. The normalized spacial score (nSPS) is 11.3. The summed E-state index contributed by atoms with van der Waals surface area (Å²) in [4.78, 5) is 0. The van der Waals surface area contributed by atoms with Crippen LogP contribution in [0.15, 0.2) is 70.5 Å². The van der Waals surface area contributed by atoms with Gasteiger partial charge in [-0.2, -0.15) is 0 Å². The van der Waals surface area contributed by atoms with Crippen molar-refractivity contribution in [2.24, 2.45) is 0 Å². The molecule has 0 atom stereocenters. The molecule has 20 heavy (non-hydrogen) atoms. The molecule has 0 aliphatic rings. The summed E-state index contributed by atoms with van der Waals surface area (Å²) in [7, 11) is 0. The van der Waals surface area contributed by atoms with Crippen LogP contribution >= 0.6 is 0 Å². The van der Waals surface area contributed by atoms with E-state index >= 15 is 0 Å². The van der Waals surface area contributed by atoms with Crippen LogP contribution < -0.4 is 6.54 Å². The average molecular weight is 341 g/mol. The third kappa shape index (κ3) is 4.15. The molecule has 0 bridgehead atoms. The number of allylic oxidation sites excluding steroid dienone is 3. The summed E-state index contributed by atoms with van der Waals surface area (Å²) in [5, 5.41) is 0. The fourth-order valence-corrected chi connectivity index (χ4v) is 8.00. The van der Waals surface area contributed by atoms with Crippen molar-refractivity contribution in [3.8, 4) is 0 Å². The number of benzene rings is 2. The molecule has 0 saturated heterocycles. The maximum atomic E-state index is 2.46. The Balaban J connectivity index is 2.44. The van der Waals surface area contributed by atoms with Crippen molar-refractivity contribution in [2.75, 3.05) is 0 Å². The quantitative estimate of drug-likeness (QED) is 0.739. The van der Waals surface area contributed by atoms with E-state index in [-0.39, 0.29) is 0 Å². The first-order valence-electron chi connectivity index (χ1n) is 7.01. The molecule has 0 N–H and O–H groups in total. The van der Waals surface area contributed by atoms with E-state index in [0.717, 1.165) is 0 Å². The summed E-state index contributed by atoms with van der Waals surface area (Å²) in [6.07, 6.45) is 6.44. The van der Waals surface area contributed by atoms with E-state index in [9.17, 15) is 0 Å². The van der Waals surface area contributed by atoms with Gasteiger partial charge in [-0.25, -0.2) is 0 Å². The Morgan fingerprint density at radius 3 is 1.80 bits per heavy atom. The zero-order valence-electron chi connectivity index (χ0n) is 12.4. The van der Waals surface area contributed by atoms with E-state index in [1.807, 2.05) is 0 Å². The SMILES string of the molecule is C/C=C/C=[CH]/[Zr]([c]1cccc(C)c1)[c]1cccc(C)c1. The van der Waals surface area contributed by atoms with Crippen LogP contribution in [0.2, 0.25) is 0 Å². The van der Waals surface area contributed by atoms with Crippen LogP contribution in [0.5, 0.6) is 0 Å². The van der Waals surface area contributed by atoms with Gasteiger partial charge in [0.05, 0.1) is 0 Å². The van der Waals surface area contributed by atoms with E-state index in [0.29, 0.717) is 0 Å². The average Bonchev–Trinajstić information content (AvgIpc) is 2.43. The number of hydrogen-bond acceptors (Lipinski definition) is 0. The van der Waals surface area contributed by atoms with Gasteiger partial charge in [-0.1, -0.05) is 0 Å². The molecule has 0 aliphatic heterocycles. The van der Waals surface area contributed by atoms with Gasteiger partial charge in [0.1, 0.15) is 0 Å². The third-order valence-corrected chi connectivity index (χ3v) is 9.10. The molecule has 0 amide bonds. The summed E-state index contributed by atoms with van der Waals surface area (Å²) in [5.74, 6) is 0. The fourth-order valence-electron chi connectivity index (χ4n) is 2.25. The summed E-state index contributed by atoms with van der Waals surface area (Å²) in [6, 6.07) is 18.0. The predicted molar refractivity (Wildman–Crippen MR) is 85.6 cm³/mol. The van der Waals surface area contributed by atoms with Crippen LogP contribution in [-0.4, -0.2) is 0 Å². The van der Waals surface area contributed by atoms with Crippen molar-refractivity contribution < 1.29 is 21.8 Å². The molecular weight excluding hydrogens is 319 g/mol. The van der Waals surface area contributed by atoms with Gasteiger partial charge in [-0.15, -0.1) is 0 Å². The van der Waals surface area contributed by atoms with Gasteiger partial charge < -0.3 is 0 Å². The topological polar surface area (TPSA) is 0 Å². The van der Waals surface area contributed by atoms with Crippen LogP contribution in [0, 0.1) is 13.8 Å². The molecular formula is C19H21Zr. The van der Waals surface area contributed by atoms with Crippen molar-refractivity contribution in [3.05, 3.63) is 81.7 Å². The number of hydrogen-bond donors (Lipinski definition) is 0. The van der Waals surface area contributed by atoms with Crippen LogP contribution in [-0.2, 0) is 21.8 Å². The maximum absolute atomic E-state index is 2.46. The van der Waals surface area contributed by atoms with Gasteiger partial charge >= 0.3 is 131 Å². The van der Waals surface area contributed by atoms with Gasteiger partial charge in [0.2, 0.25) is 0 Å². The Morgan fingerprint density at radius 2 is 1.35 bits per heavy atom. The first-order valence-corrected chi connectivity index (χ1v) is 10.9. The molecule has 2 aromatic rings. The minimum atomic E-state index is -1.93. The molecule has 0 saturated carbocycles. The Morgan fingerprint density at radius 1 is 0.800 bits per heavy atom. The van der Waals surface area contributed by atoms with E-state index in [2.05, 4.69) is 91.3 Å². The summed E-state index contributed by atoms with van der Waals surface area (Å²) < 4.78 is 5.55. The first-order chi connectivity index (χ1) is 9.70. The van der Waals surface area contributed by atoms with Crippen molar-refractivity contribution in [1.82, 2.24) is 0 Å². The van der Waals surface area contributed by atoms with Crippen molar-refractivity contribution in [3.63, 3.8) is 0 Å². The van der Waals surface area contributed by atoms with Gasteiger partial charge in [-0.05, 0) is 0 Å². The van der Waals surface area contributed by atoms with Crippen LogP contribution in [0.3, 0.4) is 0 Å². The molecule has 0 radical (unpaired) electrons. The summed E-state index contributed by atoms with van der Waals surface area (Å²) >= 11 is -1.93. The molecule has 0 heterocycles. The van der Waals surface area contributed by atoms with Crippen molar-refractivity contribution >= 4 is 6.54 Å². The van der Waals surface area contributed by atoms with Crippen molar-refractivity contribution in [1.29, 1.82) is 0 Å². The zero-order valence-corrected chi connectivity index (χ0v) is 14.9. The van der Waals surface area contributed by atoms with Gasteiger partial charge in [-0.3, -0.25) is 0 Å². The molecule has 0 nitrogen and oxygen atoms in total. The molecule has 0 unspecified atom stereocenters. The molecule has 0 aliphatic carbocycles. The van der Waals surface area contributed by atoms with Crippen LogP contribution in [0.4, 0.5) is 0 Å². The molecule has 0 aromatic heterocycles. The van der Waals surface area contributed by atoms with E-state index in [1.54, 1.807) is 6.54 Å². The molecule has 1 heteroatoms. The second-order valence-electron chi connectivity index (χ2n) is 5.04. The van der Waals surface area contributed by atoms with E-state index in [1.165, 1.54) is 11.1 Å². The summed E-state index contributed by atoms with van der Waals surface area (Å²) in [6.45, 7) is 6.42. The second-order valence-corrected chi connectivity index (χ2v) is 10.7. The Labute approximate surface area is 130 Å².